The van der Waals surface area contributed by atoms with Crippen LogP contribution in [0.5, 0.6) is 0 Å². The predicted molar refractivity (Wildman–Crippen MR) is 123 cm³/mol. The van der Waals surface area contributed by atoms with Crippen LogP contribution in [0, 0.1) is 23.1 Å². The second-order valence-electron chi connectivity index (χ2n) is 7.60. The number of esters is 1. The molecule has 176 valence electrons. The van der Waals surface area contributed by atoms with Crippen LogP contribution in [0.2, 0.25) is 5.02 Å². The van der Waals surface area contributed by atoms with E-state index in [-0.39, 0.29) is 31.0 Å². The van der Waals surface area contributed by atoms with Crippen LogP contribution < -0.4 is 5.32 Å². The number of H-pyrrole nitrogens is 1. The highest BCUT2D eigenvalue weighted by Crippen LogP contribution is 2.27. The molecular weight excluding hydrogens is 461 g/mol. The van der Waals surface area contributed by atoms with Crippen molar-refractivity contribution in [3.8, 4) is 17.2 Å². The third-order valence-electron chi connectivity index (χ3n) is 5.19. The molecule has 1 aromatic heterocycles. The first-order chi connectivity index (χ1) is 16.4. The van der Waals surface area contributed by atoms with Crippen molar-refractivity contribution < 1.29 is 18.7 Å². The van der Waals surface area contributed by atoms with E-state index < -0.39 is 23.8 Å². The van der Waals surface area contributed by atoms with Gasteiger partial charge in [-0.25, -0.2) is 4.39 Å². The highest BCUT2D eigenvalue weighted by Gasteiger charge is 2.26. The first kappa shape index (κ1) is 24.9. The van der Waals surface area contributed by atoms with Crippen molar-refractivity contribution in [3.63, 3.8) is 0 Å². The Labute approximate surface area is 201 Å². The van der Waals surface area contributed by atoms with E-state index in [1.807, 2.05) is 18.2 Å². The second kappa shape index (κ2) is 11.9. The zero-order valence-electron chi connectivity index (χ0n) is 18.4. The molecule has 0 unspecified atom stereocenters. The van der Waals surface area contributed by atoms with Crippen LogP contribution in [-0.4, -0.2) is 39.9 Å². The molecule has 2 aromatic carbocycles. The lowest BCUT2D eigenvalue weighted by Gasteiger charge is -2.22. The zero-order valence-corrected chi connectivity index (χ0v) is 19.2. The molecular formula is C24H23ClFN5O3. The van der Waals surface area contributed by atoms with Crippen molar-refractivity contribution >= 4 is 23.5 Å². The molecule has 0 saturated carbocycles. The van der Waals surface area contributed by atoms with E-state index in [2.05, 4.69) is 20.7 Å². The number of rotatable bonds is 10. The first-order valence-electron chi connectivity index (χ1n) is 10.7. The first-order valence-corrected chi connectivity index (χ1v) is 11.0. The number of aromatic nitrogens is 3. The number of amides is 1. The summed E-state index contributed by atoms with van der Waals surface area (Å²) < 4.78 is 19.3. The van der Waals surface area contributed by atoms with Gasteiger partial charge in [0, 0.05) is 23.0 Å². The van der Waals surface area contributed by atoms with Crippen molar-refractivity contribution in [1.29, 1.82) is 5.26 Å². The van der Waals surface area contributed by atoms with Gasteiger partial charge in [0.05, 0.1) is 24.8 Å². The number of ether oxygens (including phenoxy) is 1. The van der Waals surface area contributed by atoms with E-state index in [0.29, 0.717) is 22.6 Å². The molecule has 10 heteroatoms. The van der Waals surface area contributed by atoms with Crippen LogP contribution >= 0.6 is 11.6 Å². The minimum Gasteiger partial charge on any atom is -0.466 e. The lowest BCUT2D eigenvalue weighted by molar-refractivity contribution is -0.148. The van der Waals surface area contributed by atoms with Gasteiger partial charge in [-0.15, -0.1) is 5.10 Å². The summed E-state index contributed by atoms with van der Waals surface area (Å²) in [4.78, 5) is 24.9. The third kappa shape index (κ3) is 6.62. The normalized spacial score (nSPS) is 12.4. The highest BCUT2D eigenvalue weighted by atomic mass is 35.5. The van der Waals surface area contributed by atoms with Crippen LogP contribution in [0.3, 0.4) is 0 Å². The summed E-state index contributed by atoms with van der Waals surface area (Å²) in [6.07, 6.45) is 1.88. The maximum absolute atomic E-state index is 14.2. The van der Waals surface area contributed by atoms with Crippen molar-refractivity contribution in [2.75, 3.05) is 6.61 Å². The summed E-state index contributed by atoms with van der Waals surface area (Å²) in [6.45, 7) is 1.88. The lowest BCUT2D eigenvalue weighted by Crippen LogP contribution is -2.39. The van der Waals surface area contributed by atoms with Gasteiger partial charge >= 0.3 is 5.97 Å². The number of hydrogen-bond acceptors (Lipinski definition) is 6. The SMILES string of the molecule is CCOC(=O)[C@H](CC#N)C[C@@H](Cc1ccc(-c2cc(Cl)ccc2F)cc1)NC(=O)c1c[nH]nn1. The second-order valence-corrected chi connectivity index (χ2v) is 8.04. The van der Waals surface area contributed by atoms with E-state index in [0.717, 1.165) is 5.56 Å². The Morgan fingerprint density at radius 2 is 2.03 bits per heavy atom. The van der Waals surface area contributed by atoms with Gasteiger partial charge in [0.2, 0.25) is 0 Å². The molecule has 1 heterocycles. The van der Waals surface area contributed by atoms with E-state index in [1.165, 1.54) is 18.3 Å². The monoisotopic (exact) mass is 483 g/mol. The fraction of sp³-hybridized carbons (Fsp3) is 0.292. The van der Waals surface area contributed by atoms with E-state index in [4.69, 9.17) is 21.6 Å². The third-order valence-corrected chi connectivity index (χ3v) is 5.42. The van der Waals surface area contributed by atoms with Crippen molar-refractivity contribution in [1.82, 2.24) is 20.7 Å². The van der Waals surface area contributed by atoms with Gasteiger partial charge in [0.25, 0.3) is 5.91 Å². The Balaban J connectivity index is 1.81. The Hall–Kier alpha value is -3.77. The number of hydrogen-bond donors (Lipinski definition) is 2. The van der Waals surface area contributed by atoms with Gasteiger partial charge in [0.15, 0.2) is 5.69 Å². The van der Waals surface area contributed by atoms with E-state index in [9.17, 15) is 14.0 Å². The lowest BCUT2D eigenvalue weighted by atomic mass is 9.92. The smallest absolute Gasteiger partial charge is 0.310 e. The number of nitrogens with zero attached hydrogens (tertiary/aromatic N) is 3. The maximum atomic E-state index is 14.2. The summed E-state index contributed by atoms with van der Waals surface area (Å²) in [5.41, 5.74) is 1.98. The largest absolute Gasteiger partial charge is 0.466 e. The average molecular weight is 484 g/mol. The summed E-state index contributed by atoms with van der Waals surface area (Å²) in [7, 11) is 0. The summed E-state index contributed by atoms with van der Waals surface area (Å²) in [6, 6.07) is 13.0. The topological polar surface area (TPSA) is 121 Å². The van der Waals surface area contributed by atoms with Gasteiger partial charge in [-0.05, 0) is 49.1 Å². The van der Waals surface area contributed by atoms with Gasteiger partial charge in [-0.1, -0.05) is 41.1 Å². The summed E-state index contributed by atoms with van der Waals surface area (Å²) in [5, 5.41) is 22.2. The van der Waals surface area contributed by atoms with Crippen LogP contribution in [0.15, 0.2) is 48.7 Å². The Morgan fingerprint density at radius 3 is 2.68 bits per heavy atom. The van der Waals surface area contributed by atoms with Gasteiger partial charge < -0.3 is 10.1 Å². The molecule has 0 aliphatic heterocycles. The Bertz CT molecular complexity index is 1160. The van der Waals surface area contributed by atoms with Crippen LogP contribution in [-0.2, 0) is 16.0 Å². The average Bonchev–Trinajstić information content (AvgIpc) is 3.36. The van der Waals surface area contributed by atoms with Gasteiger partial charge in [0.1, 0.15) is 5.82 Å². The molecule has 0 spiro atoms. The van der Waals surface area contributed by atoms with Gasteiger partial charge in [-0.3, -0.25) is 14.7 Å². The number of carbonyl (C=O) groups is 2. The molecule has 0 saturated heterocycles. The minimum atomic E-state index is -0.701. The molecule has 0 bridgehead atoms. The molecule has 2 N–H and O–H groups in total. The van der Waals surface area contributed by atoms with E-state index in [1.54, 1.807) is 25.1 Å². The highest BCUT2D eigenvalue weighted by molar-refractivity contribution is 6.30. The number of benzene rings is 2. The molecule has 0 fully saturated rings. The quantitative estimate of drug-likeness (QED) is 0.419. The summed E-state index contributed by atoms with van der Waals surface area (Å²) in [5.74, 6) is -2.04. The van der Waals surface area contributed by atoms with Crippen LogP contribution in [0.4, 0.5) is 4.39 Å². The number of aromatic amines is 1. The van der Waals surface area contributed by atoms with Gasteiger partial charge in [-0.2, -0.15) is 5.26 Å². The fourth-order valence-electron chi connectivity index (χ4n) is 3.57. The Kier molecular flexibility index (Phi) is 8.71. The van der Waals surface area contributed by atoms with Crippen molar-refractivity contribution in [3.05, 3.63) is 70.8 Å². The number of halogens is 2. The number of nitrogens with one attached hydrogen (secondary N) is 2. The fourth-order valence-corrected chi connectivity index (χ4v) is 3.74. The molecule has 2 atom stereocenters. The maximum Gasteiger partial charge on any atom is 0.310 e. The number of nitriles is 1. The molecule has 3 rings (SSSR count). The predicted octanol–water partition coefficient (Wildman–Crippen LogP) is 4.09. The van der Waals surface area contributed by atoms with Crippen LogP contribution in [0.1, 0.15) is 35.8 Å². The molecule has 0 aliphatic carbocycles. The molecule has 1 amide bonds. The minimum absolute atomic E-state index is 0.0395. The van der Waals surface area contributed by atoms with Crippen LogP contribution in [0.25, 0.3) is 11.1 Å². The molecule has 34 heavy (non-hydrogen) atoms. The van der Waals surface area contributed by atoms with Crippen molar-refractivity contribution in [2.45, 2.75) is 32.2 Å². The summed E-state index contributed by atoms with van der Waals surface area (Å²) >= 11 is 6.00. The molecule has 0 aliphatic rings. The molecule has 0 radical (unpaired) electrons. The zero-order chi connectivity index (χ0) is 24.5. The Morgan fingerprint density at radius 1 is 1.26 bits per heavy atom. The molecule has 3 aromatic rings. The van der Waals surface area contributed by atoms with Crippen molar-refractivity contribution in [2.24, 2.45) is 5.92 Å². The standard InChI is InChI=1S/C24H23ClFN5O3/c1-2-34-24(33)17(9-10-27)12-19(29-23(32)22-14-28-31-30-22)11-15-3-5-16(6-4-15)20-13-18(25)7-8-21(20)26/h3-8,13-14,17,19H,2,9,11-12H2,1H3,(H,29,32)(H,28,30,31)/t17-,19-/m1/s1. The number of carbonyl (C=O) groups excluding carboxylic acids is 2. The van der Waals surface area contributed by atoms with E-state index >= 15 is 0 Å². The molecule has 8 nitrogen and oxygen atoms in total.